The van der Waals surface area contributed by atoms with Gasteiger partial charge in [0, 0.05) is 25.0 Å². The van der Waals surface area contributed by atoms with E-state index in [2.05, 4.69) is 51.0 Å². The SMILES string of the molecule is CCn1nc(C)c(Br)c1Cn1ccc(C(C)N)c1. The van der Waals surface area contributed by atoms with Crippen molar-refractivity contribution in [3.05, 3.63) is 39.9 Å². The van der Waals surface area contributed by atoms with Crippen LogP contribution in [0.1, 0.15) is 36.8 Å². The lowest BCUT2D eigenvalue weighted by molar-refractivity contribution is 0.596. The zero-order chi connectivity index (χ0) is 13.3. The van der Waals surface area contributed by atoms with Crippen molar-refractivity contribution in [1.29, 1.82) is 0 Å². The summed E-state index contributed by atoms with van der Waals surface area (Å²) in [6.45, 7) is 7.80. The summed E-state index contributed by atoms with van der Waals surface area (Å²) in [6, 6.07) is 2.14. The van der Waals surface area contributed by atoms with Crippen LogP contribution in [0.5, 0.6) is 0 Å². The molecule has 4 nitrogen and oxygen atoms in total. The Balaban J connectivity index is 2.27. The van der Waals surface area contributed by atoms with Crippen molar-refractivity contribution in [1.82, 2.24) is 14.3 Å². The number of rotatable bonds is 4. The Bertz CT molecular complexity index is 539. The minimum absolute atomic E-state index is 0.0764. The molecule has 1 atom stereocenters. The van der Waals surface area contributed by atoms with Gasteiger partial charge in [-0.25, -0.2) is 0 Å². The van der Waals surface area contributed by atoms with E-state index in [1.807, 2.05) is 18.5 Å². The molecule has 0 saturated heterocycles. The number of halogens is 1. The van der Waals surface area contributed by atoms with Crippen LogP contribution in [-0.2, 0) is 13.1 Å². The molecule has 2 aromatic rings. The van der Waals surface area contributed by atoms with Gasteiger partial charge in [0.1, 0.15) is 0 Å². The highest BCUT2D eigenvalue weighted by molar-refractivity contribution is 9.10. The third kappa shape index (κ3) is 2.52. The van der Waals surface area contributed by atoms with Crippen molar-refractivity contribution in [2.75, 3.05) is 0 Å². The first kappa shape index (κ1) is 13.4. The van der Waals surface area contributed by atoms with Crippen molar-refractivity contribution in [2.45, 2.75) is 39.9 Å². The highest BCUT2D eigenvalue weighted by atomic mass is 79.9. The lowest BCUT2D eigenvalue weighted by Crippen LogP contribution is -2.08. The standard InChI is InChI=1S/C13H19BrN4/c1-4-18-12(13(14)10(3)16-18)8-17-6-5-11(7-17)9(2)15/h5-7,9H,4,8,15H2,1-3H3. The molecule has 2 N–H and O–H groups in total. The third-order valence-electron chi connectivity index (χ3n) is 3.08. The average molecular weight is 311 g/mol. The van der Waals surface area contributed by atoms with E-state index in [-0.39, 0.29) is 6.04 Å². The van der Waals surface area contributed by atoms with E-state index in [4.69, 9.17) is 5.73 Å². The minimum Gasteiger partial charge on any atom is -0.348 e. The molecular weight excluding hydrogens is 292 g/mol. The lowest BCUT2D eigenvalue weighted by atomic mass is 10.2. The largest absolute Gasteiger partial charge is 0.348 e. The Labute approximate surface area is 116 Å². The van der Waals surface area contributed by atoms with E-state index in [0.717, 1.165) is 28.8 Å². The maximum absolute atomic E-state index is 5.87. The summed E-state index contributed by atoms with van der Waals surface area (Å²) < 4.78 is 5.28. The van der Waals surface area contributed by atoms with Crippen LogP contribution in [0.25, 0.3) is 0 Å². The molecule has 0 radical (unpaired) electrons. The van der Waals surface area contributed by atoms with Crippen molar-refractivity contribution < 1.29 is 0 Å². The number of aryl methyl sites for hydroxylation is 2. The Kier molecular flexibility index (Phi) is 3.92. The number of aromatic nitrogens is 3. The van der Waals surface area contributed by atoms with E-state index < -0.39 is 0 Å². The van der Waals surface area contributed by atoms with Gasteiger partial charge in [-0.15, -0.1) is 0 Å². The first-order valence-electron chi connectivity index (χ1n) is 6.16. The summed E-state index contributed by atoms with van der Waals surface area (Å²) in [5, 5.41) is 4.50. The van der Waals surface area contributed by atoms with Crippen LogP contribution in [-0.4, -0.2) is 14.3 Å². The average Bonchev–Trinajstić information content (AvgIpc) is 2.89. The second-order valence-electron chi connectivity index (χ2n) is 4.57. The molecule has 0 saturated carbocycles. The van der Waals surface area contributed by atoms with Gasteiger partial charge in [-0.2, -0.15) is 5.10 Å². The van der Waals surface area contributed by atoms with E-state index >= 15 is 0 Å². The molecule has 0 fully saturated rings. The van der Waals surface area contributed by atoms with Crippen LogP contribution >= 0.6 is 15.9 Å². The van der Waals surface area contributed by atoms with Gasteiger partial charge >= 0.3 is 0 Å². The van der Waals surface area contributed by atoms with Crippen LogP contribution in [0.2, 0.25) is 0 Å². The summed E-state index contributed by atoms with van der Waals surface area (Å²) in [4.78, 5) is 0. The van der Waals surface area contributed by atoms with Gasteiger partial charge in [0.15, 0.2) is 0 Å². The lowest BCUT2D eigenvalue weighted by Gasteiger charge is -2.07. The zero-order valence-electron chi connectivity index (χ0n) is 11.0. The quantitative estimate of drug-likeness (QED) is 0.944. The fourth-order valence-electron chi connectivity index (χ4n) is 2.02. The van der Waals surface area contributed by atoms with Crippen molar-refractivity contribution >= 4 is 15.9 Å². The predicted molar refractivity (Wildman–Crippen MR) is 76.5 cm³/mol. The molecule has 5 heteroatoms. The number of hydrogen-bond acceptors (Lipinski definition) is 2. The van der Waals surface area contributed by atoms with Gasteiger partial charge in [-0.3, -0.25) is 4.68 Å². The van der Waals surface area contributed by atoms with Crippen LogP contribution in [0, 0.1) is 6.92 Å². The summed E-state index contributed by atoms with van der Waals surface area (Å²) >= 11 is 3.61. The zero-order valence-corrected chi connectivity index (χ0v) is 12.6. The first-order valence-corrected chi connectivity index (χ1v) is 6.95. The molecule has 0 bridgehead atoms. The summed E-state index contributed by atoms with van der Waals surface area (Å²) in [6.07, 6.45) is 4.16. The van der Waals surface area contributed by atoms with Crippen molar-refractivity contribution in [2.24, 2.45) is 5.73 Å². The van der Waals surface area contributed by atoms with Gasteiger partial charge < -0.3 is 10.3 Å². The van der Waals surface area contributed by atoms with Crippen molar-refractivity contribution in [3.63, 3.8) is 0 Å². The maximum atomic E-state index is 5.87. The molecule has 1 unspecified atom stereocenters. The Morgan fingerprint density at radius 1 is 1.50 bits per heavy atom. The highest BCUT2D eigenvalue weighted by Crippen LogP contribution is 2.22. The van der Waals surface area contributed by atoms with Crippen LogP contribution in [0.15, 0.2) is 22.9 Å². The van der Waals surface area contributed by atoms with E-state index in [0.29, 0.717) is 0 Å². The first-order chi connectivity index (χ1) is 8.52. The third-order valence-corrected chi connectivity index (χ3v) is 4.12. The molecule has 0 aromatic carbocycles. The molecule has 98 valence electrons. The topological polar surface area (TPSA) is 48.8 Å². The highest BCUT2D eigenvalue weighted by Gasteiger charge is 2.12. The molecule has 18 heavy (non-hydrogen) atoms. The summed E-state index contributed by atoms with van der Waals surface area (Å²) in [5.41, 5.74) is 9.26. The molecular formula is C13H19BrN4. The Morgan fingerprint density at radius 3 is 2.78 bits per heavy atom. The van der Waals surface area contributed by atoms with Crippen LogP contribution < -0.4 is 5.73 Å². The predicted octanol–water partition coefficient (Wildman–Crippen LogP) is 2.84. The monoisotopic (exact) mass is 310 g/mol. The molecule has 2 aromatic heterocycles. The molecule has 2 rings (SSSR count). The molecule has 0 spiro atoms. The fraction of sp³-hybridized carbons (Fsp3) is 0.462. The van der Waals surface area contributed by atoms with Gasteiger partial charge in [-0.05, 0) is 48.3 Å². The molecule has 2 heterocycles. The van der Waals surface area contributed by atoms with E-state index in [1.54, 1.807) is 0 Å². The molecule has 0 aliphatic carbocycles. The number of nitrogens with zero attached hydrogens (tertiary/aromatic N) is 3. The Morgan fingerprint density at radius 2 is 2.22 bits per heavy atom. The van der Waals surface area contributed by atoms with Crippen molar-refractivity contribution in [3.8, 4) is 0 Å². The fourth-order valence-corrected chi connectivity index (χ4v) is 2.43. The second-order valence-corrected chi connectivity index (χ2v) is 5.36. The van der Waals surface area contributed by atoms with Gasteiger partial charge in [0.05, 0.1) is 22.4 Å². The van der Waals surface area contributed by atoms with Crippen LogP contribution in [0.3, 0.4) is 0 Å². The van der Waals surface area contributed by atoms with Gasteiger partial charge in [-0.1, -0.05) is 0 Å². The van der Waals surface area contributed by atoms with E-state index in [9.17, 15) is 0 Å². The maximum Gasteiger partial charge on any atom is 0.0739 e. The van der Waals surface area contributed by atoms with Crippen LogP contribution in [0.4, 0.5) is 0 Å². The van der Waals surface area contributed by atoms with Gasteiger partial charge in [0.2, 0.25) is 0 Å². The minimum atomic E-state index is 0.0764. The molecule has 0 aliphatic heterocycles. The number of nitrogens with two attached hydrogens (primary N) is 1. The summed E-state index contributed by atoms with van der Waals surface area (Å²) in [7, 11) is 0. The molecule has 0 amide bonds. The normalized spacial score (nSPS) is 12.9. The smallest absolute Gasteiger partial charge is 0.0739 e. The number of hydrogen-bond donors (Lipinski definition) is 1. The summed E-state index contributed by atoms with van der Waals surface area (Å²) in [5.74, 6) is 0. The molecule has 0 aliphatic rings. The van der Waals surface area contributed by atoms with Gasteiger partial charge in [0.25, 0.3) is 0 Å². The Hall–Kier alpha value is -1.07. The van der Waals surface area contributed by atoms with E-state index in [1.165, 1.54) is 5.69 Å². The second kappa shape index (κ2) is 5.28.